The molecular formula is C11H12N2O2S. The molecule has 0 unspecified atom stereocenters. The third kappa shape index (κ3) is 1.57. The highest BCUT2D eigenvalue weighted by Gasteiger charge is 2.31. The molecule has 2 aromatic heterocycles. The van der Waals surface area contributed by atoms with Crippen LogP contribution in [0.25, 0.3) is 10.6 Å². The molecule has 0 amide bonds. The summed E-state index contributed by atoms with van der Waals surface area (Å²) in [5.74, 6) is 0. The van der Waals surface area contributed by atoms with Gasteiger partial charge in [0.05, 0.1) is 10.6 Å². The maximum absolute atomic E-state index is 5.46. The van der Waals surface area contributed by atoms with E-state index in [1.165, 1.54) is 0 Å². The largest absolute Gasteiger partial charge is 0.318 e. The van der Waals surface area contributed by atoms with Crippen molar-refractivity contribution in [3.05, 3.63) is 29.3 Å². The molecule has 1 saturated heterocycles. The average molecular weight is 236 g/mol. The zero-order chi connectivity index (χ0) is 11.1. The quantitative estimate of drug-likeness (QED) is 0.804. The van der Waals surface area contributed by atoms with Crippen molar-refractivity contribution < 1.29 is 9.47 Å². The van der Waals surface area contributed by atoms with Crippen molar-refractivity contribution in [3.63, 3.8) is 0 Å². The first-order valence-corrected chi connectivity index (χ1v) is 6.01. The minimum absolute atomic E-state index is 0.106. The Labute approximate surface area is 97.4 Å². The second kappa shape index (κ2) is 3.69. The molecule has 1 aliphatic heterocycles. The molecule has 0 saturated carbocycles. The normalized spacial score (nSPS) is 24.4. The van der Waals surface area contributed by atoms with Gasteiger partial charge in [-0.05, 0) is 24.4 Å². The van der Waals surface area contributed by atoms with Crippen LogP contribution in [0.4, 0.5) is 0 Å². The molecule has 5 heteroatoms. The molecule has 0 radical (unpaired) electrons. The van der Waals surface area contributed by atoms with Gasteiger partial charge >= 0.3 is 0 Å². The molecule has 2 aromatic rings. The van der Waals surface area contributed by atoms with Gasteiger partial charge in [0.1, 0.15) is 5.69 Å². The van der Waals surface area contributed by atoms with E-state index < -0.39 is 0 Å². The van der Waals surface area contributed by atoms with Crippen molar-refractivity contribution in [2.75, 3.05) is 0 Å². The number of aromatic nitrogens is 2. The highest BCUT2D eigenvalue weighted by molar-refractivity contribution is 7.13. The number of rotatable bonds is 2. The summed E-state index contributed by atoms with van der Waals surface area (Å²) >= 11 is 1.68. The maximum atomic E-state index is 5.46. The SMILES string of the molecule is CC1OC(c2cc(-c3cccs3)nn2C)O1. The Morgan fingerprint density at radius 3 is 2.88 bits per heavy atom. The van der Waals surface area contributed by atoms with Crippen LogP contribution >= 0.6 is 11.3 Å². The molecule has 0 aliphatic carbocycles. The third-order valence-electron chi connectivity index (χ3n) is 2.56. The van der Waals surface area contributed by atoms with E-state index in [1.807, 2.05) is 36.2 Å². The predicted molar refractivity (Wildman–Crippen MR) is 60.9 cm³/mol. The Morgan fingerprint density at radius 2 is 2.25 bits per heavy atom. The molecule has 3 heterocycles. The number of thiophene rings is 1. The van der Waals surface area contributed by atoms with Gasteiger partial charge < -0.3 is 9.47 Å². The minimum Gasteiger partial charge on any atom is -0.318 e. The van der Waals surface area contributed by atoms with E-state index in [0.717, 1.165) is 16.3 Å². The van der Waals surface area contributed by atoms with Crippen LogP contribution in [0.1, 0.15) is 18.9 Å². The summed E-state index contributed by atoms with van der Waals surface area (Å²) < 4.78 is 12.7. The fourth-order valence-corrected chi connectivity index (χ4v) is 2.43. The lowest BCUT2D eigenvalue weighted by Crippen LogP contribution is -2.32. The van der Waals surface area contributed by atoms with Crippen molar-refractivity contribution >= 4 is 11.3 Å². The van der Waals surface area contributed by atoms with Gasteiger partial charge in [-0.25, -0.2) is 0 Å². The number of hydrogen-bond acceptors (Lipinski definition) is 4. The second-order valence-corrected chi connectivity index (χ2v) is 4.67. The van der Waals surface area contributed by atoms with Gasteiger partial charge in [-0.3, -0.25) is 4.68 Å². The molecule has 0 atom stereocenters. The molecule has 0 N–H and O–H groups in total. The predicted octanol–water partition coefficient (Wildman–Crippen LogP) is 2.54. The Hall–Kier alpha value is -1.17. The zero-order valence-electron chi connectivity index (χ0n) is 9.08. The van der Waals surface area contributed by atoms with E-state index in [0.29, 0.717) is 0 Å². The van der Waals surface area contributed by atoms with Gasteiger partial charge in [0.15, 0.2) is 6.29 Å². The summed E-state index contributed by atoms with van der Waals surface area (Å²) in [5.41, 5.74) is 1.93. The first-order chi connectivity index (χ1) is 7.74. The monoisotopic (exact) mass is 236 g/mol. The highest BCUT2D eigenvalue weighted by Crippen LogP contribution is 2.33. The van der Waals surface area contributed by atoms with Crippen LogP contribution in [0.2, 0.25) is 0 Å². The molecule has 1 aliphatic rings. The van der Waals surface area contributed by atoms with Crippen LogP contribution in [-0.2, 0) is 16.5 Å². The zero-order valence-corrected chi connectivity index (χ0v) is 9.90. The lowest BCUT2D eigenvalue weighted by Gasteiger charge is -2.33. The Balaban J connectivity index is 1.90. The summed E-state index contributed by atoms with van der Waals surface area (Å²) in [7, 11) is 1.90. The molecule has 1 fully saturated rings. The van der Waals surface area contributed by atoms with E-state index in [2.05, 4.69) is 11.2 Å². The Kier molecular flexibility index (Phi) is 2.31. The lowest BCUT2D eigenvalue weighted by molar-refractivity contribution is -0.384. The first-order valence-electron chi connectivity index (χ1n) is 5.13. The number of nitrogens with zero attached hydrogens (tertiary/aromatic N) is 2. The van der Waals surface area contributed by atoms with Crippen molar-refractivity contribution in [1.82, 2.24) is 9.78 Å². The third-order valence-corrected chi connectivity index (χ3v) is 3.45. The summed E-state index contributed by atoms with van der Waals surface area (Å²) in [5, 5.41) is 6.49. The standard InChI is InChI=1S/C11H12N2O2S/c1-7-14-11(15-7)9-6-8(12-13(9)2)10-4-3-5-16-10/h3-7,11H,1-2H3. The molecule has 84 valence electrons. The van der Waals surface area contributed by atoms with Gasteiger partial charge in [0.25, 0.3) is 0 Å². The summed E-state index contributed by atoms with van der Waals surface area (Å²) in [6, 6.07) is 6.09. The van der Waals surface area contributed by atoms with Gasteiger partial charge in [-0.1, -0.05) is 6.07 Å². The molecule has 0 spiro atoms. The van der Waals surface area contributed by atoms with Crippen LogP contribution in [0, 0.1) is 0 Å². The van der Waals surface area contributed by atoms with Gasteiger partial charge in [-0.15, -0.1) is 11.3 Å². The fraction of sp³-hybridized carbons (Fsp3) is 0.364. The van der Waals surface area contributed by atoms with Crippen molar-refractivity contribution in [1.29, 1.82) is 0 Å². The second-order valence-electron chi connectivity index (χ2n) is 3.73. The van der Waals surface area contributed by atoms with E-state index in [9.17, 15) is 0 Å². The maximum Gasteiger partial charge on any atom is 0.206 e. The Morgan fingerprint density at radius 1 is 1.44 bits per heavy atom. The van der Waals surface area contributed by atoms with Crippen molar-refractivity contribution in [3.8, 4) is 10.6 Å². The Bertz CT molecular complexity index is 486. The van der Waals surface area contributed by atoms with Crippen LogP contribution in [0.15, 0.2) is 23.6 Å². The van der Waals surface area contributed by atoms with E-state index in [-0.39, 0.29) is 12.6 Å². The number of aryl methyl sites for hydroxylation is 1. The summed E-state index contributed by atoms with van der Waals surface area (Å²) in [6.45, 7) is 1.88. The summed E-state index contributed by atoms with van der Waals surface area (Å²) in [6.07, 6.45) is -0.369. The van der Waals surface area contributed by atoms with Gasteiger partial charge in [0.2, 0.25) is 6.29 Å². The van der Waals surface area contributed by atoms with Crippen LogP contribution in [0.3, 0.4) is 0 Å². The van der Waals surface area contributed by atoms with Crippen molar-refractivity contribution in [2.24, 2.45) is 7.05 Å². The molecule has 4 nitrogen and oxygen atoms in total. The molecule has 16 heavy (non-hydrogen) atoms. The van der Waals surface area contributed by atoms with Crippen LogP contribution in [-0.4, -0.2) is 16.1 Å². The molecule has 0 aromatic carbocycles. The fourth-order valence-electron chi connectivity index (χ4n) is 1.74. The van der Waals surface area contributed by atoms with E-state index >= 15 is 0 Å². The van der Waals surface area contributed by atoms with E-state index in [1.54, 1.807) is 11.3 Å². The first kappa shape index (κ1) is 10.0. The highest BCUT2D eigenvalue weighted by atomic mass is 32.1. The van der Waals surface area contributed by atoms with Crippen LogP contribution < -0.4 is 0 Å². The van der Waals surface area contributed by atoms with E-state index in [4.69, 9.17) is 9.47 Å². The lowest BCUT2D eigenvalue weighted by atomic mass is 10.3. The van der Waals surface area contributed by atoms with Gasteiger partial charge in [0, 0.05) is 7.05 Å². The molecule has 0 bridgehead atoms. The number of ether oxygens (including phenoxy) is 2. The topological polar surface area (TPSA) is 36.3 Å². The van der Waals surface area contributed by atoms with Crippen LogP contribution in [0.5, 0.6) is 0 Å². The molecular weight excluding hydrogens is 224 g/mol. The van der Waals surface area contributed by atoms with Gasteiger partial charge in [-0.2, -0.15) is 5.10 Å². The average Bonchev–Trinajstić information content (AvgIpc) is 2.81. The number of hydrogen-bond donors (Lipinski definition) is 0. The molecule has 3 rings (SSSR count). The minimum atomic E-state index is -0.263. The summed E-state index contributed by atoms with van der Waals surface area (Å²) in [4.78, 5) is 1.16. The smallest absolute Gasteiger partial charge is 0.206 e. The van der Waals surface area contributed by atoms with Crippen molar-refractivity contribution in [2.45, 2.75) is 19.5 Å².